The lowest BCUT2D eigenvalue weighted by molar-refractivity contribution is -0.120. The molecule has 0 fully saturated rings. The summed E-state index contributed by atoms with van der Waals surface area (Å²) >= 11 is 5.74. The number of amides is 3. The SMILES string of the molecule is CC[N]C(=O)CNC(=O)NCc1ccc(Cl)cc1. The molecule has 0 aliphatic carbocycles. The lowest BCUT2D eigenvalue weighted by Crippen LogP contribution is -2.40. The van der Waals surface area contributed by atoms with Crippen LogP contribution in [0.5, 0.6) is 0 Å². The molecular weight excluding hydrogens is 254 g/mol. The van der Waals surface area contributed by atoms with Gasteiger partial charge in [-0.1, -0.05) is 23.7 Å². The van der Waals surface area contributed by atoms with Gasteiger partial charge in [0.15, 0.2) is 0 Å². The van der Waals surface area contributed by atoms with Gasteiger partial charge in [-0.15, -0.1) is 0 Å². The number of nitrogens with zero attached hydrogens (tertiary/aromatic N) is 1. The number of likely N-dealkylation sites (N-methyl/N-ethyl adjacent to an activating group) is 1. The van der Waals surface area contributed by atoms with Gasteiger partial charge in [0.1, 0.15) is 6.54 Å². The molecule has 1 aromatic rings. The Hall–Kier alpha value is -1.75. The van der Waals surface area contributed by atoms with Crippen LogP contribution in [0.25, 0.3) is 0 Å². The predicted molar refractivity (Wildman–Crippen MR) is 69.4 cm³/mol. The third-order valence-corrected chi connectivity index (χ3v) is 2.35. The van der Waals surface area contributed by atoms with Gasteiger partial charge in [0.25, 0.3) is 5.91 Å². The molecule has 97 valence electrons. The average molecular weight is 269 g/mol. The maximum Gasteiger partial charge on any atom is 0.315 e. The van der Waals surface area contributed by atoms with E-state index in [1.54, 1.807) is 19.1 Å². The number of nitrogens with one attached hydrogen (secondary N) is 2. The van der Waals surface area contributed by atoms with E-state index in [1.165, 1.54) is 0 Å². The number of hydrogen-bond acceptors (Lipinski definition) is 2. The zero-order valence-electron chi connectivity index (χ0n) is 10.1. The van der Waals surface area contributed by atoms with Crippen molar-refractivity contribution in [2.24, 2.45) is 0 Å². The topological polar surface area (TPSA) is 72.3 Å². The number of carbonyl (C=O) groups excluding carboxylic acids is 2. The second-order valence-corrected chi connectivity index (χ2v) is 3.97. The van der Waals surface area contributed by atoms with E-state index in [9.17, 15) is 9.59 Å². The van der Waals surface area contributed by atoms with Gasteiger partial charge in [-0.05, 0) is 24.6 Å². The molecule has 0 saturated heterocycles. The number of halogens is 1. The van der Waals surface area contributed by atoms with Gasteiger partial charge in [0.2, 0.25) is 0 Å². The Morgan fingerprint density at radius 2 is 1.89 bits per heavy atom. The van der Waals surface area contributed by atoms with E-state index < -0.39 is 6.03 Å². The lowest BCUT2D eigenvalue weighted by atomic mass is 10.2. The smallest absolute Gasteiger partial charge is 0.315 e. The summed E-state index contributed by atoms with van der Waals surface area (Å²) in [6.07, 6.45) is 0. The first-order valence-corrected chi connectivity index (χ1v) is 5.96. The van der Waals surface area contributed by atoms with Crippen LogP contribution in [0, 0.1) is 0 Å². The second-order valence-electron chi connectivity index (χ2n) is 3.53. The third kappa shape index (κ3) is 5.54. The van der Waals surface area contributed by atoms with Crippen LogP contribution in [0.15, 0.2) is 24.3 Å². The Bertz CT molecular complexity index is 406. The standard InChI is InChI=1S/C12H15ClN3O2/c1-2-14-11(17)8-16-12(18)15-7-9-3-5-10(13)6-4-9/h3-6H,2,7-8H2,1H3,(H2,15,16,18). The van der Waals surface area contributed by atoms with Crippen LogP contribution in [0.2, 0.25) is 5.02 Å². The maximum absolute atomic E-state index is 11.3. The van der Waals surface area contributed by atoms with Crippen molar-refractivity contribution in [2.75, 3.05) is 13.1 Å². The van der Waals surface area contributed by atoms with E-state index in [0.29, 0.717) is 18.1 Å². The van der Waals surface area contributed by atoms with Crippen molar-refractivity contribution in [3.63, 3.8) is 0 Å². The van der Waals surface area contributed by atoms with Crippen molar-refractivity contribution >= 4 is 23.5 Å². The van der Waals surface area contributed by atoms with Crippen molar-refractivity contribution < 1.29 is 9.59 Å². The van der Waals surface area contributed by atoms with Crippen LogP contribution < -0.4 is 16.0 Å². The van der Waals surface area contributed by atoms with Gasteiger partial charge in [0.05, 0.1) is 0 Å². The Labute approximate surface area is 111 Å². The first kappa shape index (κ1) is 14.3. The molecule has 2 N–H and O–H groups in total. The third-order valence-electron chi connectivity index (χ3n) is 2.10. The van der Waals surface area contributed by atoms with Crippen molar-refractivity contribution in [2.45, 2.75) is 13.5 Å². The number of carbonyl (C=O) groups is 2. The summed E-state index contributed by atoms with van der Waals surface area (Å²) in [6.45, 7) is 2.48. The molecule has 0 bridgehead atoms. The van der Waals surface area contributed by atoms with Crippen LogP contribution in [0.4, 0.5) is 4.79 Å². The Balaban J connectivity index is 2.24. The highest BCUT2D eigenvalue weighted by Gasteiger charge is 2.04. The molecule has 0 aliphatic rings. The number of urea groups is 1. The van der Waals surface area contributed by atoms with E-state index in [4.69, 9.17) is 11.6 Å². The predicted octanol–water partition coefficient (Wildman–Crippen LogP) is 1.29. The summed E-state index contributed by atoms with van der Waals surface area (Å²) in [6, 6.07) is 6.74. The van der Waals surface area contributed by atoms with Crippen LogP contribution in [-0.4, -0.2) is 25.0 Å². The molecule has 0 heterocycles. The molecule has 0 aromatic heterocycles. The Morgan fingerprint density at radius 1 is 1.22 bits per heavy atom. The molecule has 1 rings (SSSR count). The molecule has 5 nitrogen and oxygen atoms in total. The monoisotopic (exact) mass is 268 g/mol. The number of hydrogen-bond donors (Lipinski definition) is 2. The molecule has 0 atom stereocenters. The summed E-state index contributed by atoms with van der Waals surface area (Å²) < 4.78 is 0. The molecule has 18 heavy (non-hydrogen) atoms. The molecule has 0 unspecified atom stereocenters. The highest BCUT2D eigenvalue weighted by molar-refractivity contribution is 6.30. The van der Waals surface area contributed by atoms with Gasteiger partial charge in [-0.2, -0.15) is 0 Å². The quantitative estimate of drug-likeness (QED) is 0.845. The largest absolute Gasteiger partial charge is 0.334 e. The molecule has 6 heteroatoms. The fraction of sp³-hybridized carbons (Fsp3) is 0.333. The van der Waals surface area contributed by atoms with Gasteiger partial charge in [0, 0.05) is 18.1 Å². The Morgan fingerprint density at radius 3 is 2.50 bits per heavy atom. The number of rotatable bonds is 5. The van der Waals surface area contributed by atoms with Crippen LogP contribution >= 0.6 is 11.6 Å². The van der Waals surface area contributed by atoms with Crippen molar-refractivity contribution in [3.05, 3.63) is 34.9 Å². The maximum atomic E-state index is 11.3. The van der Waals surface area contributed by atoms with E-state index in [0.717, 1.165) is 5.56 Å². The van der Waals surface area contributed by atoms with Crippen molar-refractivity contribution in [3.8, 4) is 0 Å². The van der Waals surface area contributed by atoms with E-state index >= 15 is 0 Å². The zero-order chi connectivity index (χ0) is 13.4. The first-order chi connectivity index (χ1) is 8.61. The summed E-state index contributed by atoms with van der Waals surface area (Å²) in [5.41, 5.74) is 0.930. The minimum atomic E-state index is -0.399. The van der Waals surface area contributed by atoms with Gasteiger partial charge < -0.3 is 10.6 Å². The summed E-state index contributed by atoms with van der Waals surface area (Å²) in [7, 11) is 0. The van der Waals surface area contributed by atoms with E-state index in [1.807, 2.05) is 12.1 Å². The van der Waals surface area contributed by atoms with Gasteiger partial charge in [-0.3, -0.25) is 10.1 Å². The molecular formula is C12H15ClN3O2. The lowest BCUT2D eigenvalue weighted by Gasteiger charge is -2.07. The summed E-state index contributed by atoms with van der Waals surface area (Å²) in [5, 5.41) is 9.33. The normalized spacial score (nSPS) is 9.67. The highest BCUT2D eigenvalue weighted by Crippen LogP contribution is 2.08. The van der Waals surface area contributed by atoms with E-state index in [2.05, 4.69) is 16.0 Å². The highest BCUT2D eigenvalue weighted by atomic mass is 35.5. The number of benzene rings is 1. The van der Waals surface area contributed by atoms with Crippen molar-refractivity contribution in [1.82, 2.24) is 16.0 Å². The molecule has 0 saturated carbocycles. The second kappa shape index (κ2) is 7.55. The van der Waals surface area contributed by atoms with Crippen LogP contribution in [0.3, 0.4) is 0 Å². The van der Waals surface area contributed by atoms with Gasteiger partial charge >= 0.3 is 6.03 Å². The molecule has 3 amide bonds. The summed E-state index contributed by atoms with van der Waals surface area (Å²) in [4.78, 5) is 22.4. The fourth-order valence-corrected chi connectivity index (χ4v) is 1.36. The summed E-state index contributed by atoms with van der Waals surface area (Å²) in [5.74, 6) is -0.334. The molecule has 1 radical (unpaired) electrons. The minimum absolute atomic E-state index is 0.0830. The Kier molecular flexibility index (Phi) is 6.00. The fourth-order valence-electron chi connectivity index (χ4n) is 1.24. The molecule has 0 aliphatic heterocycles. The van der Waals surface area contributed by atoms with Crippen molar-refractivity contribution in [1.29, 1.82) is 0 Å². The van der Waals surface area contributed by atoms with Crippen LogP contribution in [-0.2, 0) is 11.3 Å². The van der Waals surface area contributed by atoms with E-state index in [-0.39, 0.29) is 12.5 Å². The van der Waals surface area contributed by atoms with Crippen LogP contribution in [0.1, 0.15) is 12.5 Å². The first-order valence-electron chi connectivity index (χ1n) is 5.58. The molecule has 1 aromatic carbocycles. The van der Waals surface area contributed by atoms with Gasteiger partial charge in [-0.25, -0.2) is 4.79 Å². The average Bonchev–Trinajstić information content (AvgIpc) is 2.36. The zero-order valence-corrected chi connectivity index (χ0v) is 10.8. The molecule has 0 spiro atoms. The minimum Gasteiger partial charge on any atom is -0.334 e.